The predicted octanol–water partition coefficient (Wildman–Crippen LogP) is -0.815. The second kappa shape index (κ2) is 5.50. The Bertz CT molecular complexity index is 438. The SMILES string of the molecule is O=c1nc(NCO)ccn1[C@@H]1CS[C@H](CO)O1. The summed E-state index contributed by atoms with van der Waals surface area (Å²) in [5, 5.41) is 20.1. The summed E-state index contributed by atoms with van der Waals surface area (Å²) in [7, 11) is 0. The van der Waals surface area contributed by atoms with Gasteiger partial charge in [0.2, 0.25) is 0 Å². The number of aliphatic hydroxyl groups is 2. The van der Waals surface area contributed by atoms with Crippen LogP contribution >= 0.6 is 11.8 Å². The zero-order valence-corrected chi connectivity index (χ0v) is 9.76. The second-order valence-corrected chi connectivity index (χ2v) is 4.57. The molecule has 2 heterocycles. The molecule has 0 aliphatic carbocycles. The lowest BCUT2D eigenvalue weighted by molar-refractivity contribution is -0.00629. The molecule has 1 aliphatic rings. The average molecular weight is 259 g/mol. The van der Waals surface area contributed by atoms with E-state index in [1.54, 1.807) is 12.3 Å². The normalized spacial score (nSPS) is 23.9. The van der Waals surface area contributed by atoms with Gasteiger partial charge in [0.25, 0.3) is 0 Å². The molecule has 0 aromatic carbocycles. The minimum Gasteiger partial charge on any atom is -0.393 e. The standard InChI is InChI=1S/C9H13N3O4S/c13-3-8-16-7(4-17-8)12-2-1-6(10-5-14)11-9(12)15/h1-2,7-8,13-14H,3-5H2,(H,10,11,15)/t7-,8+/m0/s1. The predicted molar refractivity (Wildman–Crippen MR) is 62.7 cm³/mol. The maximum atomic E-state index is 11.7. The molecule has 0 amide bonds. The molecule has 94 valence electrons. The van der Waals surface area contributed by atoms with E-state index in [1.807, 2.05) is 0 Å². The highest BCUT2D eigenvalue weighted by Crippen LogP contribution is 2.30. The molecule has 7 nitrogen and oxygen atoms in total. The average Bonchev–Trinajstić information content (AvgIpc) is 2.78. The molecule has 1 saturated heterocycles. The largest absolute Gasteiger partial charge is 0.393 e. The number of rotatable bonds is 4. The highest BCUT2D eigenvalue weighted by molar-refractivity contribution is 8.00. The summed E-state index contributed by atoms with van der Waals surface area (Å²) in [5.74, 6) is 0.915. The minimum absolute atomic E-state index is 0.0759. The molecule has 0 spiro atoms. The van der Waals surface area contributed by atoms with Gasteiger partial charge in [-0.25, -0.2) is 4.79 Å². The molecule has 2 rings (SSSR count). The van der Waals surface area contributed by atoms with Gasteiger partial charge in [-0.3, -0.25) is 4.57 Å². The van der Waals surface area contributed by atoms with Gasteiger partial charge in [0.05, 0.1) is 6.61 Å². The first-order valence-corrected chi connectivity index (χ1v) is 6.11. The van der Waals surface area contributed by atoms with E-state index in [0.717, 1.165) is 0 Å². The van der Waals surface area contributed by atoms with Crippen LogP contribution < -0.4 is 11.0 Å². The molecule has 1 aromatic rings. The maximum absolute atomic E-state index is 11.7. The molecule has 0 bridgehead atoms. The first kappa shape index (κ1) is 12.4. The molecule has 0 radical (unpaired) electrons. The van der Waals surface area contributed by atoms with E-state index in [0.29, 0.717) is 11.6 Å². The van der Waals surface area contributed by atoms with Crippen LogP contribution in [0.2, 0.25) is 0 Å². The van der Waals surface area contributed by atoms with Crippen LogP contribution in [-0.4, -0.2) is 44.3 Å². The van der Waals surface area contributed by atoms with Crippen molar-refractivity contribution in [1.29, 1.82) is 0 Å². The fourth-order valence-electron chi connectivity index (χ4n) is 1.50. The number of hydrogen-bond donors (Lipinski definition) is 3. The Labute approximate surface area is 101 Å². The molecule has 1 fully saturated rings. The van der Waals surface area contributed by atoms with Crippen LogP contribution in [-0.2, 0) is 4.74 Å². The third-order valence-corrected chi connectivity index (χ3v) is 3.39. The van der Waals surface area contributed by atoms with Gasteiger partial charge < -0.3 is 20.3 Å². The van der Waals surface area contributed by atoms with Gasteiger partial charge in [-0.15, -0.1) is 11.8 Å². The van der Waals surface area contributed by atoms with Gasteiger partial charge >= 0.3 is 5.69 Å². The molecule has 17 heavy (non-hydrogen) atoms. The maximum Gasteiger partial charge on any atom is 0.351 e. The van der Waals surface area contributed by atoms with E-state index in [-0.39, 0.29) is 18.8 Å². The molecule has 3 N–H and O–H groups in total. The van der Waals surface area contributed by atoms with Gasteiger partial charge in [-0.05, 0) is 6.07 Å². The van der Waals surface area contributed by atoms with Gasteiger partial charge in [-0.1, -0.05) is 0 Å². The van der Waals surface area contributed by atoms with Gasteiger partial charge in [0.15, 0.2) is 0 Å². The van der Waals surface area contributed by atoms with E-state index < -0.39 is 11.9 Å². The van der Waals surface area contributed by atoms with Crippen molar-refractivity contribution in [3.05, 3.63) is 22.7 Å². The monoisotopic (exact) mass is 259 g/mol. The Morgan fingerprint density at radius 3 is 3.06 bits per heavy atom. The summed E-state index contributed by atoms with van der Waals surface area (Å²) in [6, 6.07) is 1.58. The Balaban J connectivity index is 2.14. The van der Waals surface area contributed by atoms with Crippen molar-refractivity contribution in [2.75, 3.05) is 24.4 Å². The quantitative estimate of drug-likeness (QED) is 0.608. The van der Waals surface area contributed by atoms with Crippen molar-refractivity contribution in [1.82, 2.24) is 9.55 Å². The summed E-state index contributed by atoms with van der Waals surface area (Å²) in [6.07, 6.45) is 1.15. The Morgan fingerprint density at radius 2 is 2.47 bits per heavy atom. The van der Waals surface area contributed by atoms with E-state index in [2.05, 4.69) is 10.3 Å². The van der Waals surface area contributed by atoms with E-state index in [9.17, 15) is 4.79 Å². The fraction of sp³-hybridized carbons (Fsp3) is 0.556. The van der Waals surface area contributed by atoms with E-state index in [4.69, 9.17) is 14.9 Å². The van der Waals surface area contributed by atoms with Gasteiger partial charge in [-0.2, -0.15) is 4.98 Å². The zero-order valence-electron chi connectivity index (χ0n) is 8.94. The van der Waals surface area contributed by atoms with Gasteiger partial charge in [0.1, 0.15) is 24.2 Å². The fourth-order valence-corrected chi connectivity index (χ4v) is 2.43. The summed E-state index contributed by atoms with van der Waals surface area (Å²) in [6.45, 7) is -0.355. The van der Waals surface area contributed by atoms with E-state index >= 15 is 0 Å². The van der Waals surface area contributed by atoms with Crippen molar-refractivity contribution in [2.45, 2.75) is 11.7 Å². The molecule has 8 heteroatoms. The number of hydrogen-bond acceptors (Lipinski definition) is 7. The number of anilines is 1. The topological polar surface area (TPSA) is 96.6 Å². The molecule has 2 atom stereocenters. The van der Waals surface area contributed by atoms with Crippen LogP contribution in [0, 0.1) is 0 Å². The first-order chi connectivity index (χ1) is 8.24. The second-order valence-electron chi connectivity index (χ2n) is 3.37. The van der Waals surface area contributed by atoms with Crippen molar-refractivity contribution < 1.29 is 14.9 Å². The zero-order chi connectivity index (χ0) is 12.3. The number of aliphatic hydroxyl groups excluding tert-OH is 2. The lowest BCUT2D eigenvalue weighted by Crippen LogP contribution is -2.29. The van der Waals surface area contributed by atoms with Crippen molar-refractivity contribution in [3.63, 3.8) is 0 Å². The van der Waals surface area contributed by atoms with Crippen LogP contribution in [0.3, 0.4) is 0 Å². The molecule has 0 saturated carbocycles. The van der Waals surface area contributed by atoms with Gasteiger partial charge in [0, 0.05) is 11.9 Å². The number of nitrogens with one attached hydrogen (secondary N) is 1. The smallest absolute Gasteiger partial charge is 0.351 e. The van der Waals surface area contributed by atoms with Crippen LogP contribution in [0.4, 0.5) is 5.82 Å². The first-order valence-electron chi connectivity index (χ1n) is 5.06. The summed E-state index contributed by atoms with van der Waals surface area (Å²) in [4.78, 5) is 15.4. The number of ether oxygens (including phenoxy) is 1. The van der Waals surface area contributed by atoms with Crippen molar-refractivity contribution in [3.8, 4) is 0 Å². The van der Waals surface area contributed by atoms with Crippen LogP contribution in [0.5, 0.6) is 0 Å². The van der Waals surface area contributed by atoms with Crippen LogP contribution in [0.15, 0.2) is 17.1 Å². The number of nitrogens with zero attached hydrogens (tertiary/aromatic N) is 2. The Morgan fingerprint density at radius 1 is 1.65 bits per heavy atom. The lowest BCUT2D eigenvalue weighted by atomic mass is 10.5. The molecular weight excluding hydrogens is 246 g/mol. The van der Waals surface area contributed by atoms with Crippen LogP contribution in [0.1, 0.15) is 6.23 Å². The third kappa shape index (κ3) is 2.78. The van der Waals surface area contributed by atoms with Crippen LogP contribution in [0.25, 0.3) is 0 Å². The van der Waals surface area contributed by atoms with Crippen molar-refractivity contribution in [2.24, 2.45) is 0 Å². The van der Waals surface area contributed by atoms with E-state index in [1.165, 1.54) is 16.3 Å². The minimum atomic E-state index is -0.451. The summed E-state index contributed by atoms with van der Waals surface area (Å²) >= 11 is 1.45. The Kier molecular flexibility index (Phi) is 4.00. The van der Waals surface area contributed by atoms with Crippen molar-refractivity contribution >= 4 is 17.6 Å². The summed E-state index contributed by atoms with van der Waals surface area (Å²) in [5.41, 5.74) is -0.741. The molecular formula is C9H13N3O4S. The Hall–Kier alpha value is -1.09. The third-order valence-electron chi connectivity index (χ3n) is 2.28. The highest BCUT2D eigenvalue weighted by Gasteiger charge is 2.27. The summed E-state index contributed by atoms with van der Waals surface area (Å²) < 4.78 is 6.81. The number of aromatic nitrogens is 2. The highest BCUT2D eigenvalue weighted by atomic mass is 32.2. The molecule has 1 aliphatic heterocycles. The molecule has 0 unspecified atom stereocenters. The lowest BCUT2D eigenvalue weighted by Gasteiger charge is -2.13. The number of thioether (sulfide) groups is 1. The molecule has 1 aromatic heterocycles.